The Hall–Kier alpha value is -4.97. The van der Waals surface area contributed by atoms with Crippen LogP contribution in [0.2, 0.25) is 0 Å². The molecule has 0 radical (unpaired) electrons. The van der Waals surface area contributed by atoms with Crippen molar-refractivity contribution in [3.63, 3.8) is 0 Å². The molecule has 0 bridgehead atoms. The second-order valence-electron chi connectivity index (χ2n) is 16.7. The van der Waals surface area contributed by atoms with Crippen molar-refractivity contribution in [2.45, 2.75) is 105 Å². The largest absolute Gasteiger partial charge is 0.467 e. The van der Waals surface area contributed by atoms with Gasteiger partial charge >= 0.3 is 0 Å². The number of aromatic nitrogens is 3. The number of benzene rings is 3. The molecule has 0 spiro atoms. The lowest BCUT2D eigenvalue weighted by atomic mass is 9.70. The first-order chi connectivity index (χ1) is 24.0. The minimum absolute atomic E-state index is 0.180. The van der Waals surface area contributed by atoms with Crippen LogP contribution in [0.4, 0.5) is 0 Å². The van der Waals surface area contributed by atoms with E-state index in [0.717, 1.165) is 39.6 Å². The molecule has 0 amide bonds. The van der Waals surface area contributed by atoms with Crippen molar-refractivity contribution >= 4 is 27.7 Å². The van der Waals surface area contributed by atoms with Gasteiger partial charge in [-0.05, 0) is 107 Å². The summed E-state index contributed by atoms with van der Waals surface area (Å²) >= 11 is 0. The quantitative estimate of drug-likeness (QED) is 0.187. The van der Waals surface area contributed by atoms with E-state index in [9.17, 15) is 0 Å². The van der Waals surface area contributed by atoms with E-state index < -0.39 is 11.1 Å². The number of hydrogen-bond donors (Lipinski definition) is 0. The molecule has 3 aliphatic rings. The predicted molar refractivity (Wildman–Crippen MR) is 206 cm³/mol. The summed E-state index contributed by atoms with van der Waals surface area (Å²) in [7, 11) is 0. The van der Waals surface area contributed by atoms with Gasteiger partial charge in [-0.15, -0.1) is 0 Å². The molecule has 0 saturated heterocycles. The summed E-state index contributed by atoms with van der Waals surface area (Å²) in [6.45, 7) is 26.4. The second kappa shape index (κ2) is 9.87. The first-order valence-corrected chi connectivity index (χ1v) is 18.1. The van der Waals surface area contributed by atoms with Gasteiger partial charge in [-0.3, -0.25) is 9.55 Å². The Morgan fingerprint density at radius 3 is 2.20 bits per heavy atom. The summed E-state index contributed by atoms with van der Waals surface area (Å²) in [5.41, 5.74) is 13.2. The van der Waals surface area contributed by atoms with Crippen LogP contribution < -0.4 is 4.74 Å². The van der Waals surface area contributed by atoms with Crippen molar-refractivity contribution in [3.05, 3.63) is 122 Å². The number of pyridine rings is 2. The van der Waals surface area contributed by atoms with Gasteiger partial charge in [-0.2, -0.15) is 0 Å². The zero-order valence-electron chi connectivity index (χ0n) is 31.9. The molecule has 1 aliphatic carbocycles. The third kappa shape index (κ3) is 3.91. The average Bonchev–Trinajstić information content (AvgIpc) is 3.56. The smallest absolute Gasteiger partial charge is 0.219 e. The molecule has 51 heavy (non-hydrogen) atoms. The molecule has 0 saturated carbocycles. The van der Waals surface area contributed by atoms with Gasteiger partial charge in [0.25, 0.3) is 0 Å². The van der Waals surface area contributed by atoms with Gasteiger partial charge in [-0.25, -0.2) is 9.98 Å². The Labute approximate surface area is 300 Å². The standard InChI is InChI=1S/C45H46N4O2/c1-23-16-26(4)38-33(18-23)44(11)45(12,43(38,9)10)51-41(48-44)29-21-37(28(6)47-27(29)5)50-36-22-35-30(20-25(36)3)31-17-24(2)19-34-39(31)49(35)40-32(42(34,7)8)14-13-15-46-40/h13-22H,1-12H3/t44-,45+/m1/s1. The molecule has 258 valence electrons. The fourth-order valence-electron chi connectivity index (χ4n) is 9.80. The molecule has 0 unspecified atom stereocenters. The van der Waals surface area contributed by atoms with Crippen molar-refractivity contribution in [2.24, 2.45) is 4.99 Å². The van der Waals surface area contributed by atoms with Gasteiger partial charge < -0.3 is 9.47 Å². The zero-order chi connectivity index (χ0) is 36.2. The highest BCUT2D eigenvalue weighted by atomic mass is 16.5. The molecule has 3 aromatic carbocycles. The van der Waals surface area contributed by atoms with Crippen LogP contribution >= 0.6 is 0 Å². The molecule has 0 N–H and O–H groups in total. The number of hydrogen-bond acceptors (Lipinski definition) is 5. The van der Waals surface area contributed by atoms with Crippen LogP contribution in [-0.4, -0.2) is 26.0 Å². The van der Waals surface area contributed by atoms with E-state index in [4.69, 9.17) is 24.4 Å². The van der Waals surface area contributed by atoms with E-state index in [1.165, 1.54) is 55.2 Å². The van der Waals surface area contributed by atoms with E-state index in [2.05, 4.69) is 122 Å². The zero-order valence-corrected chi connectivity index (χ0v) is 31.9. The van der Waals surface area contributed by atoms with Crippen molar-refractivity contribution in [2.75, 3.05) is 0 Å². The molecular weight excluding hydrogens is 629 g/mol. The van der Waals surface area contributed by atoms with Gasteiger partial charge in [0.05, 0.1) is 28.0 Å². The van der Waals surface area contributed by atoms with Crippen molar-refractivity contribution < 1.29 is 9.47 Å². The fourth-order valence-corrected chi connectivity index (χ4v) is 9.80. The highest BCUT2D eigenvalue weighted by Crippen LogP contribution is 2.62. The lowest BCUT2D eigenvalue weighted by Crippen LogP contribution is -2.51. The third-order valence-corrected chi connectivity index (χ3v) is 12.8. The van der Waals surface area contributed by atoms with E-state index in [1.807, 2.05) is 26.1 Å². The molecule has 5 heterocycles. The molecular formula is C45H46N4O2. The molecule has 6 aromatic rings. The monoisotopic (exact) mass is 674 g/mol. The Balaban J connectivity index is 1.19. The Bertz CT molecular complexity index is 2590. The van der Waals surface area contributed by atoms with Gasteiger partial charge in [-0.1, -0.05) is 63.1 Å². The Kier molecular flexibility index (Phi) is 6.19. The Morgan fingerprint density at radius 1 is 0.706 bits per heavy atom. The van der Waals surface area contributed by atoms with Crippen LogP contribution in [0, 0.1) is 41.5 Å². The molecule has 2 atom stereocenters. The lowest BCUT2D eigenvalue weighted by molar-refractivity contribution is -0.0138. The van der Waals surface area contributed by atoms with Crippen LogP contribution in [-0.2, 0) is 21.1 Å². The highest BCUT2D eigenvalue weighted by molar-refractivity contribution is 6.12. The number of aryl methyl sites for hydroxylation is 6. The summed E-state index contributed by atoms with van der Waals surface area (Å²) < 4.78 is 16.2. The van der Waals surface area contributed by atoms with Gasteiger partial charge in [0, 0.05) is 39.4 Å². The molecule has 6 heteroatoms. The van der Waals surface area contributed by atoms with Crippen molar-refractivity contribution in [1.82, 2.24) is 14.5 Å². The number of ether oxygens (including phenoxy) is 2. The molecule has 2 aliphatic heterocycles. The molecule has 6 nitrogen and oxygen atoms in total. The first-order valence-electron chi connectivity index (χ1n) is 18.1. The number of nitrogens with zero attached hydrogens (tertiary/aromatic N) is 4. The summed E-state index contributed by atoms with van der Waals surface area (Å²) in [6, 6.07) is 20.0. The lowest BCUT2D eigenvalue weighted by Gasteiger charge is -2.41. The molecule has 9 rings (SSSR count). The highest BCUT2D eigenvalue weighted by Gasteiger charge is 2.68. The van der Waals surface area contributed by atoms with E-state index in [-0.39, 0.29) is 10.8 Å². The van der Waals surface area contributed by atoms with Crippen LogP contribution in [0.25, 0.3) is 27.6 Å². The minimum Gasteiger partial charge on any atom is -0.467 e. The third-order valence-electron chi connectivity index (χ3n) is 12.8. The molecule has 3 aromatic heterocycles. The number of rotatable bonds is 3. The SMILES string of the molecule is Cc1cc(C)c2c(c1)[C@@]1(C)N=C(c3cc(Oc4cc5c(cc4C)c4cc(C)cc6c4n5-c4ncccc4C6(C)C)c(C)nc3C)O[C@@]1(C)C2(C)C. The van der Waals surface area contributed by atoms with E-state index in [1.54, 1.807) is 0 Å². The second-order valence-corrected chi connectivity index (χ2v) is 16.7. The maximum atomic E-state index is 7.05. The van der Waals surface area contributed by atoms with Crippen LogP contribution in [0.5, 0.6) is 11.5 Å². The summed E-state index contributed by atoms with van der Waals surface area (Å²) in [5, 5.41) is 2.44. The molecule has 0 fully saturated rings. The van der Waals surface area contributed by atoms with Crippen molar-refractivity contribution in [1.29, 1.82) is 0 Å². The van der Waals surface area contributed by atoms with E-state index >= 15 is 0 Å². The van der Waals surface area contributed by atoms with Gasteiger partial charge in [0.1, 0.15) is 28.5 Å². The van der Waals surface area contributed by atoms with Crippen LogP contribution in [0.3, 0.4) is 0 Å². The van der Waals surface area contributed by atoms with Crippen molar-refractivity contribution in [3.8, 4) is 17.3 Å². The van der Waals surface area contributed by atoms with Gasteiger partial charge in [0.15, 0.2) is 0 Å². The summed E-state index contributed by atoms with van der Waals surface area (Å²) in [5.74, 6) is 3.07. The Morgan fingerprint density at radius 2 is 1.43 bits per heavy atom. The van der Waals surface area contributed by atoms with Crippen LogP contribution in [0.1, 0.15) is 103 Å². The minimum atomic E-state index is -0.579. The summed E-state index contributed by atoms with van der Waals surface area (Å²) in [4.78, 5) is 15.4. The summed E-state index contributed by atoms with van der Waals surface area (Å²) in [6.07, 6.45) is 1.89. The maximum Gasteiger partial charge on any atom is 0.219 e. The fraction of sp³-hybridized carbons (Fsp3) is 0.356. The average molecular weight is 675 g/mol. The topological polar surface area (TPSA) is 61.5 Å². The maximum absolute atomic E-state index is 7.05. The normalized spacial score (nSPS) is 22.1. The first kappa shape index (κ1) is 32.0. The predicted octanol–water partition coefficient (Wildman–Crippen LogP) is 10.6. The van der Waals surface area contributed by atoms with Crippen LogP contribution in [0.15, 0.2) is 65.8 Å². The van der Waals surface area contributed by atoms with Gasteiger partial charge in [0.2, 0.25) is 5.90 Å². The number of fused-ring (bicyclic) bond motifs is 8. The number of aliphatic imine (C=N–C) groups is 1. The van der Waals surface area contributed by atoms with E-state index in [0.29, 0.717) is 11.6 Å².